The van der Waals surface area contributed by atoms with Crippen molar-refractivity contribution in [2.75, 3.05) is 0 Å². The van der Waals surface area contributed by atoms with Crippen LogP contribution in [0.25, 0.3) is 0 Å². The highest BCUT2D eigenvalue weighted by atomic mass is 79.9. The van der Waals surface area contributed by atoms with E-state index in [4.69, 9.17) is 0 Å². The Labute approximate surface area is 119 Å². The van der Waals surface area contributed by atoms with Crippen molar-refractivity contribution in [3.8, 4) is 0 Å². The molecule has 2 aromatic carbocycles. The van der Waals surface area contributed by atoms with Gasteiger partial charge in [-0.1, -0.05) is 34.1 Å². The van der Waals surface area contributed by atoms with Crippen molar-refractivity contribution < 1.29 is 9.18 Å². The zero-order valence-corrected chi connectivity index (χ0v) is 11.9. The van der Waals surface area contributed by atoms with Crippen LogP contribution in [0.2, 0.25) is 0 Å². The maximum atomic E-state index is 13.6. The van der Waals surface area contributed by atoms with Crippen LogP contribution < -0.4 is 5.32 Å². The van der Waals surface area contributed by atoms with Crippen molar-refractivity contribution >= 4 is 21.8 Å². The summed E-state index contributed by atoms with van der Waals surface area (Å²) in [6.45, 7) is 1.76. The molecule has 0 aromatic heterocycles. The number of rotatable bonds is 3. The number of carbonyl (C=O) groups excluding carboxylic acids is 1. The summed E-state index contributed by atoms with van der Waals surface area (Å²) in [7, 11) is 0. The number of hydrogen-bond donors (Lipinski definition) is 1. The number of amides is 1. The Morgan fingerprint density at radius 2 is 1.79 bits per heavy atom. The molecule has 2 rings (SSSR count). The molecule has 0 aliphatic heterocycles. The molecule has 1 unspecified atom stereocenters. The van der Waals surface area contributed by atoms with Crippen LogP contribution in [0.4, 0.5) is 4.39 Å². The van der Waals surface area contributed by atoms with Gasteiger partial charge in [-0.2, -0.15) is 0 Å². The Balaban J connectivity index is 2.11. The molecule has 4 heteroatoms. The fourth-order valence-corrected chi connectivity index (χ4v) is 2.05. The quantitative estimate of drug-likeness (QED) is 0.906. The number of benzene rings is 2. The van der Waals surface area contributed by atoms with E-state index in [9.17, 15) is 9.18 Å². The zero-order chi connectivity index (χ0) is 13.8. The molecule has 0 fully saturated rings. The Morgan fingerprint density at radius 3 is 2.42 bits per heavy atom. The molecule has 1 atom stereocenters. The van der Waals surface area contributed by atoms with Gasteiger partial charge in [-0.25, -0.2) is 4.39 Å². The lowest BCUT2D eigenvalue weighted by Crippen LogP contribution is -2.27. The van der Waals surface area contributed by atoms with Crippen LogP contribution in [0.1, 0.15) is 28.9 Å². The molecule has 0 aliphatic carbocycles. The average molecular weight is 322 g/mol. The number of halogens is 2. The Hall–Kier alpha value is -1.68. The minimum absolute atomic E-state index is 0.219. The maximum absolute atomic E-state index is 13.6. The lowest BCUT2D eigenvalue weighted by atomic mass is 10.1. The second kappa shape index (κ2) is 5.97. The predicted octanol–water partition coefficient (Wildman–Crippen LogP) is 4.08. The van der Waals surface area contributed by atoms with Gasteiger partial charge < -0.3 is 5.32 Å². The van der Waals surface area contributed by atoms with Gasteiger partial charge in [0.2, 0.25) is 0 Å². The maximum Gasteiger partial charge on any atom is 0.251 e. The molecule has 0 bridgehead atoms. The van der Waals surface area contributed by atoms with Crippen molar-refractivity contribution in [3.63, 3.8) is 0 Å². The summed E-state index contributed by atoms with van der Waals surface area (Å²) in [5.41, 5.74) is 1.03. The highest BCUT2D eigenvalue weighted by molar-refractivity contribution is 9.10. The lowest BCUT2D eigenvalue weighted by Gasteiger charge is -2.15. The van der Waals surface area contributed by atoms with Gasteiger partial charge in [0.1, 0.15) is 5.82 Å². The fraction of sp³-hybridized carbons (Fsp3) is 0.133. The van der Waals surface area contributed by atoms with Crippen LogP contribution in [0.5, 0.6) is 0 Å². The van der Waals surface area contributed by atoms with E-state index >= 15 is 0 Å². The first-order valence-electron chi connectivity index (χ1n) is 5.89. The Morgan fingerprint density at radius 1 is 1.16 bits per heavy atom. The summed E-state index contributed by atoms with van der Waals surface area (Å²) >= 11 is 3.31. The van der Waals surface area contributed by atoms with Crippen molar-refractivity contribution in [2.24, 2.45) is 0 Å². The molecule has 0 spiro atoms. The third kappa shape index (κ3) is 3.41. The highest BCUT2D eigenvalue weighted by Gasteiger charge is 2.14. The van der Waals surface area contributed by atoms with Gasteiger partial charge in [0.05, 0.1) is 6.04 Å². The lowest BCUT2D eigenvalue weighted by molar-refractivity contribution is 0.0939. The normalized spacial score (nSPS) is 11.9. The van der Waals surface area contributed by atoms with E-state index in [1.54, 1.807) is 49.4 Å². The molecule has 19 heavy (non-hydrogen) atoms. The summed E-state index contributed by atoms with van der Waals surface area (Å²) in [6, 6.07) is 13.1. The summed E-state index contributed by atoms with van der Waals surface area (Å²) in [6.07, 6.45) is 0. The molecule has 1 N–H and O–H groups in total. The Bertz CT molecular complexity index is 583. The average Bonchev–Trinajstić information content (AvgIpc) is 2.39. The van der Waals surface area contributed by atoms with Gasteiger partial charge in [-0.15, -0.1) is 0 Å². The van der Waals surface area contributed by atoms with E-state index in [1.165, 1.54) is 6.07 Å². The second-order valence-corrected chi connectivity index (χ2v) is 5.14. The number of carbonyl (C=O) groups is 1. The van der Waals surface area contributed by atoms with Gasteiger partial charge in [0.25, 0.3) is 5.91 Å². The van der Waals surface area contributed by atoms with Gasteiger partial charge in [-0.05, 0) is 37.3 Å². The molecule has 98 valence electrons. The second-order valence-electron chi connectivity index (χ2n) is 4.22. The summed E-state index contributed by atoms with van der Waals surface area (Å²) in [5.74, 6) is -0.533. The first-order chi connectivity index (χ1) is 9.08. The van der Waals surface area contributed by atoms with Gasteiger partial charge in [0, 0.05) is 15.6 Å². The molecule has 0 aliphatic rings. The minimum Gasteiger partial charge on any atom is -0.345 e. The van der Waals surface area contributed by atoms with Crippen molar-refractivity contribution in [2.45, 2.75) is 13.0 Å². The third-order valence-electron chi connectivity index (χ3n) is 2.83. The fourth-order valence-electron chi connectivity index (χ4n) is 1.79. The van der Waals surface area contributed by atoms with E-state index in [1.807, 2.05) is 0 Å². The SMILES string of the molecule is CC(NC(=O)c1ccc(Br)cc1)c1ccccc1F. The molecule has 0 radical (unpaired) electrons. The van der Waals surface area contributed by atoms with Crippen molar-refractivity contribution in [1.29, 1.82) is 0 Å². The third-order valence-corrected chi connectivity index (χ3v) is 3.35. The topological polar surface area (TPSA) is 29.1 Å². The molecular weight excluding hydrogens is 309 g/mol. The van der Waals surface area contributed by atoms with Crippen LogP contribution in [-0.2, 0) is 0 Å². The smallest absolute Gasteiger partial charge is 0.251 e. The van der Waals surface area contributed by atoms with Crippen LogP contribution in [0, 0.1) is 5.82 Å². The molecular formula is C15H13BrFNO. The summed E-state index contributed by atoms with van der Waals surface area (Å²) in [4.78, 5) is 12.0. The molecule has 0 heterocycles. The molecule has 2 nitrogen and oxygen atoms in total. The molecule has 0 saturated carbocycles. The van der Waals surface area contributed by atoms with Crippen LogP contribution in [0.3, 0.4) is 0 Å². The van der Waals surface area contributed by atoms with Gasteiger partial charge >= 0.3 is 0 Å². The van der Waals surface area contributed by atoms with E-state index in [2.05, 4.69) is 21.2 Å². The number of nitrogens with one attached hydrogen (secondary N) is 1. The molecule has 1 amide bonds. The van der Waals surface area contributed by atoms with Crippen LogP contribution in [0.15, 0.2) is 53.0 Å². The first kappa shape index (κ1) is 13.7. The standard InChI is InChI=1S/C15H13BrFNO/c1-10(13-4-2-3-5-14(13)17)18-15(19)11-6-8-12(16)9-7-11/h2-10H,1H3,(H,18,19). The van der Waals surface area contributed by atoms with Gasteiger partial charge in [0.15, 0.2) is 0 Å². The monoisotopic (exact) mass is 321 g/mol. The van der Waals surface area contributed by atoms with E-state index in [0.29, 0.717) is 11.1 Å². The Kier molecular flexibility index (Phi) is 4.32. The van der Waals surface area contributed by atoms with Crippen molar-refractivity contribution in [1.82, 2.24) is 5.32 Å². The predicted molar refractivity (Wildman–Crippen MR) is 76.4 cm³/mol. The number of hydrogen-bond acceptors (Lipinski definition) is 1. The van der Waals surface area contributed by atoms with Crippen LogP contribution >= 0.6 is 15.9 Å². The van der Waals surface area contributed by atoms with E-state index in [-0.39, 0.29) is 17.8 Å². The molecule has 2 aromatic rings. The van der Waals surface area contributed by atoms with Crippen LogP contribution in [-0.4, -0.2) is 5.91 Å². The first-order valence-corrected chi connectivity index (χ1v) is 6.68. The minimum atomic E-state index is -0.377. The largest absolute Gasteiger partial charge is 0.345 e. The van der Waals surface area contributed by atoms with Crippen molar-refractivity contribution in [3.05, 3.63) is 69.9 Å². The van der Waals surface area contributed by atoms with E-state index in [0.717, 1.165) is 4.47 Å². The van der Waals surface area contributed by atoms with Gasteiger partial charge in [-0.3, -0.25) is 4.79 Å². The van der Waals surface area contributed by atoms with E-state index < -0.39 is 0 Å². The summed E-state index contributed by atoms with van der Waals surface area (Å²) < 4.78 is 14.5. The highest BCUT2D eigenvalue weighted by Crippen LogP contribution is 2.17. The summed E-state index contributed by atoms with van der Waals surface area (Å²) in [5, 5.41) is 2.78. The zero-order valence-electron chi connectivity index (χ0n) is 10.4. The molecule has 0 saturated heterocycles.